The van der Waals surface area contributed by atoms with E-state index in [0.717, 1.165) is 28.1 Å². The number of rotatable bonds is 4. The van der Waals surface area contributed by atoms with Crippen LogP contribution in [0.3, 0.4) is 0 Å². The lowest BCUT2D eigenvalue weighted by Gasteiger charge is -2.18. The number of hydrogen-bond donors (Lipinski definition) is 1. The van der Waals surface area contributed by atoms with Gasteiger partial charge in [-0.15, -0.1) is 5.10 Å². The second kappa shape index (κ2) is 3.75. The fraction of sp³-hybridized carbons (Fsp3) is 0.750. The number of hydrogen-bond acceptors (Lipinski definition) is 4. The van der Waals surface area contributed by atoms with Gasteiger partial charge in [0, 0.05) is 13.1 Å². The number of nitrogens with one attached hydrogen (secondary N) is 1. The van der Waals surface area contributed by atoms with Gasteiger partial charge < -0.3 is 4.90 Å². The maximum Gasteiger partial charge on any atom is 0.206 e. The molecule has 0 unspecified atom stereocenters. The van der Waals surface area contributed by atoms with Crippen LogP contribution in [0.2, 0.25) is 0 Å². The van der Waals surface area contributed by atoms with Crippen molar-refractivity contribution in [2.75, 3.05) is 18.0 Å². The van der Waals surface area contributed by atoms with Crippen molar-refractivity contribution in [1.29, 1.82) is 0 Å². The molecule has 0 amide bonds. The summed E-state index contributed by atoms with van der Waals surface area (Å²) in [6.45, 7) is 4.33. The number of H-pyrrole nitrogens is 1. The Kier molecular flexibility index (Phi) is 2.64. The van der Waals surface area contributed by atoms with Gasteiger partial charge in [0.25, 0.3) is 0 Å². The summed E-state index contributed by atoms with van der Waals surface area (Å²) in [4.78, 5) is 2.30. The summed E-state index contributed by atoms with van der Waals surface area (Å²) < 4.78 is 0.768. The van der Waals surface area contributed by atoms with Crippen LogP contribution in [0, 0.1) is 9.87 Å². The van der Waals surface area contributed by atoms with Crippen molar-refractivity contribution in [3.63, 3.8) is 0 Å². The van der Waals surface area contributed by atoms with Crippen LogP contribution in [0.5, 0.6) is 0 Å². The number of aromatic nitrogens is 2. The van der Waals surface area contributed by atoms with E-state index >= 15 is 0 Å². The Labute approximate surface area is 86.8 Å². The van der Waals surface area contributed by atoms with Crippen molar-refractivity contribution in [2.45, 2.75) is 19.8 Å². The molecule has 2 rings (SSSR count). The van der Waals surface area contributed by atoms with E-state index in [1.807, 2.05) is 0 Å². The molecule has 0 atom stereocenters. The first kappa shape index (κ1) is 9.15. The third-order valence-corrected chi connectivity index (χ3v) is 3.40. The van der Waals surface area contributed by atoms with E-state index in [1.54, 1.807) is 11.3 Å². The predicted molar refractivity (Wildman–Crippen MR) is 57.9 cm³/mol. The van der Waals surface area contributed by atoms with Gasteiger partial charge in [0.15, 0.2) is 3.95 Å². The highest BCUT2D eigenvalue weighted by Gasteiger charge is 2.24. The van der Waals surface area contributed by atoms with Crippen LogP contribution in [0.25, 0.3) is 0 Å². The molecule has 1 fully saturated rings. The van der Waals surface area contributed by atoms with Crippen molar-refractivity contribution < 1.29 is 0 Å². The van der Waals surface area contributed by atoms with E-state index < -0.39 is 0 Å². The first-order chi connectivity index (χ1) is 6.29. The van der Waals surface area contributed by atoms with Gasteiger partial charge in [-0.3, -0.25) is 5.10 Å². The van der Waals surface area contributed by atoms with Crippen molar-refractivity contribution in [3.8, 4) is 0 Å². The molecule has 1 aromatic heterocycles. The van der Waals surface area contributed by atoms with E-state index in [0.29, 0.717) is 0 Å². The molecule has 0 spiro atoms. The van der Waals surface area contributed by atoms with Crippen LogP contribution < -0.4 is 4.90 Å². The summed E-state index contributed by atoms with van der Waals surface area (Å²) in [5.41, 5.74) is 0. The molecule has 0 bridgehead atoms. The van der Waals surface area contributed by atoms with Crippen LogP contribution in [-0.2, 0) is 0 Å². The highest BCUT2D eigenvalue weighted by atomic mass is 32.1. The van der Waals surface area contributed by atoms with E-state index in [-0.39, 0.29) is 0 Å². The molecule has 5 heteroatoms. The van der Waals surface area contributed by atoms with Crippen LogP contribution in [0.4, 0.5) is 5.13 Å². The fourth-order valence-corrected chi connectivity index (χ4v) is 2.26. The highest BCUT2D eigenvalue weighted by molar-refractivity contribution is 7.73. The summed E-state index contributed by atoms with van der Waals surface area (Å²) >= 11 is 6.57. The molecule has 13 heavy (non-hydrogen) atoms. The van der Waals surface area contributed by atoms with Crippen LogP contribution in [-0.4, -0.2) is 23.3 Å². The molecule has 0 saturated heterocycles. The van der Waals surface area contributed by atoms with Gasteiger partial charge in [-0.05, 0) is 37.9 Å². The second-order valence-electron chi connectivity index (χ2n) is 3.38. The molecule has 3 nitrogen and oxygen atoms in total. The summed E-state index contributed by atoms with van der Waals surface area (Å²) in [5.74, 6) is 0.900. The lowest BCUT2D eigenvalue weighted by Crippen LogP contribution is -2.24. The van der Waals surface area contributed by atoms with Crippen molar-refractivity contribution >= 4 is 28.7 Å². The van der Waals surface area contributed by atoms with Gasteiger partial charge in [0.05, 0.1) is 0 Å². The third kappa shape index (κ3) is 2.28. The average Bonchev–Trinajstić information content (AvgIpc) is 2.84. The average molecular weight is 215 g/mol. The monoisotopic (exact) mass is 215 g/mol. The summed E-state index contributed by atoms with van der Waals surface area (Å²) in [6, 6.07) is 0. The van der Waals surface area contributed by atoms with Gasteiger partial charge in [-0.2, -0.15) is 0 Å². The normalized spacial score (nSPS) is 16.1. The Morgan fingerprint density at radius 1 is 1.69 bits per heavy atom. The Balaban J connectivity index is 2.06. The van der Waals surface area contributed by atoms with Crippen molar-refractivity contribution in [2.24, 2.45) is 5.92 Å². The molecule has 1 aliphatic carbocycles. The van der Waals surface area contributed by atoms with Gasteiger partial charge in [-0.1, -0.05) is 11.3 Å². The summed E-state index contributed by atoms with van der Waals surface area (Å²) in [5, 5.41) is 8.04. The predicted octanol–water partition coefficient (Wildman–Crippen LogP) is 2.44. The van der Waals surface area contributed by atoms with E-state index in [4.69, 9.17) is 12.2 Å². The molecular formula is C8H13N3S2. The highest BCUT2D eigenvalue weighted by Crippen LogP contribution is 2.31. The van der Waals surface area contributed by atoms with Crippen molar-refractivity contribution in [3.05, 3.63) is 3.95 Å². The molecule has 1 aliphatic rings. The van der Waals surface area contributed by atoms with Crippen molar-refractivity contribution in [1.82, 2.24) is 10.2 Å². The Morgan fingerprint density at radius 2 is 2.46 bits per heavy atom. The Bertz CT molecular complexity index is 326. The quantitative estimate of drug-likeness (QED) is 0.783. The Morgan fingerprint density at radius 3 is 2.92 bits per heavy atom. The first-order valence-corrected chi connectivity index (χ1v) is 5.82. The molecule has 1 aromatic rings. The molecule has 0 aromatic carbocycles. The molecule has 0 radical (unpaired) electrons. The Hall–Kier alpha value is -0.420. The van der Waals surface area contributed by atoms with Crippen LogP contribution >= 0.6 is 23.6 Å². The van der Waals surface area contributed by atoms with Crippen LogP contribution in [0.15, 0.2) is 0 Å². The third-order valence-electron chi connectivity index (χ3n) is 2.25. The minimum Gasteiger partial charge on any atom is -0.347 e. The topological polar surface area (TPSA) is 31.9 Å². The number of nitrogens with zero attached hydrogens (tertiary/aromatic N) is 2. The van der Waals surface area contributed by atoms with Gasteiger partial charge in [-0.25, -0.2) is 0 Å². The second-order valence-corrected chi connectivity index (χ2v) is 5.02. The van der Waals surface area contributed by atoms with E-state index in [9.17, 15) is 0 Å². The van der Waals surface area contributed by atoms with Gasteiger partial charge in [0.2, 0.25) is 5.13 Å². The SMILES string of the molecule is CCN(CC1CC1)c1n[nH]c(=S)s1. The fourth-order valence-electron chi connectivity index (χ4n) is 1.31. The lowest BCUT2D eigenvalue weighted by molar-refractivity contribution is 0.734. The first-order valence-electron chi connectivity index (χ1n) is 4.60. The number of aromatic amines is 1. The standard InChI is InChI=1S/C8H13N3S2/c1-2-11(5-6-3-4-6)7-9-10-8(12)13-7/h6H,2-5H2,1H3,(H,10,12). The molecular weight excluding hydrogens is 202 g/mol. The van der Waals surface area contributed by atoms with E-state index in [2.05, 4.69) is 22.0 Å². The zero-order valence-electron chi connectivity index (χ0n) is 7.62. The lowest BCUT2D eigenvalue weighted by atomic mass is 10.4. The maximum absolute atomic E-state index is 5.00. The van der Waals surface area contributed by atoms with Gasteiger partial charge in [0.1, 0.15) is 0 Å². The molecule has 1 saturated carbocycles. The van der Waals surface area contributed by atoms with Gasteiger partial charge >= 0.3 is 0 Å². The molecule has 1 N–H and O–H groups in total. The smallest absolute Gasteiger partial charge is 0.206 e. The maximum atomic E-state index is 5.00. The zero-order chi connectivity index (χ0) is 9.26. The number of anilines is 1. The largest absolute Gasteiger partial charge is 0.347 e. The van der Waals surface area contributed by atoms with E-state index in [1.165, 1.54) is 12.8 Å². The summed E-state index contributed by atoms with van der Waals surface area (Å²) in [6.07, 6.45) is 2.76. The zero-order valence-corrected chi connectivity index (χ0v) is 9.25. The minimum absolute atomic E-state index is 0.768. The summed E-state index contributed by atoms with van der Waals surface area (Å²) in [7, 11) is 0. The molecule has 1 heterocycles. The van der Waals surface area contributed by atoms with Crippen LogP contribution in [0.1, 0.15) is 19.8 Å². The molecule has 72 valence electrons. The minimum atomic E-state index is 0.768. The molecule has 0 aliphatic heterocycles.